The number of nitrogens with zero attached hydrogens (tertiary/aromatic N) is 1. The lowest BCUT2D eigenvalue weighted by Gasteiger charge is -2.34. The summed E-state index contributed by atoms with van der Waals surface area (Å²) in [5, 5.41) is 17.1. The van der Waals surface area contributed by atoms with Crippen LogP contribution in [0.1, 0.15) is 30.4 Å². The Balaban J connectivity index is 1.14. The number of nitrogens with one attached hydrogen (secondary N) is 2. The van der Waals surface area contributed by atoms with Crippen molar-refractivity contribution in [3.63, 3.8) is 0 Å². The van der Waals surface area contributed by atoms with Crippen molar-refractivity contribution in [2.75, 3.05) is 38.1 Å². The maximum absolute atomic E-state index is 12.4. The second kappa shape index (κ2) is 11.0. The van der Waals surface area contributed by atoms with Crippen LogP contribution in [0.15, 0.2) is 42.5 Å². The highest BCUT2D eigenvalue weighted by Gasteiger charge is 2.28. The fourth-order valence-corrected chi connectivity index (χ4v) is 4.48. The third-order valence-corrected chi connectivity index (χ3v) is 6.56. The van der Waals surface area contributed by atoms with Crippen LogP contribution in [0.25, 0.3) is 0 Å². The maximum atomic E-state index is 12.4. The average Bonchev–Trinajstić information content (AvgIpc) is 2.84. The van der Waals surface area contributed by atoms with Gasteiger partial charge in [-0.1, -0.05) is 30.3 Å². The Morgan fingerprint density at radius 2 is 1.79 bits per heavy atom. The van der Waals surface area contributed by atoms with Crippen molar-refractivity contribution >= 4 is 11.6 Å². The molecule has 1 fully saturated rings. The number of likely N-dealkylation sites (tertiary alicyclic amines) is 1. The molecule has 7 nitrogen and oxygen atoms in total. The summed E-state index contributed by atoms with van der Waals surface area (Å²) in [7, 11) is 0. The van der Waals surface area contributed by atoms with E-state index in [-0.39, 0.29) is 12.0 Å². The summed E-state index contributed by atoms with van der Waals surface area (Å²) in [6, 6.07) is 13.9. The molecule has 2 aromatic carbocycles. The van der Waals surface area contributed by atoms with Crippen molar-refractivity contribution < 1.29 is 19.4 Å². The quantitative estimate of drug-likeness (QED) is 0.570. The average molecular weight is 454 g/mol. The molecule has 4 rings (SSSR count). The minimum atomic E-state index is -0.634. The molecular formula is C26H35N3O4. The molecule has 1 amide bonds. The van der Waals surface area contributed by atoms with Gasteiger partial charge < -0.3 is 30.1 Å². The maximum Gasteiger partial charge on any atom is 0.225 e. The number of aryl methyl sites for hydroxylation is 2. The Labute approximate surface area is 196 Å². The lowest BCUT2D eigenvalue weighted by molar-refractivity contribution is -0.116. The molecule has 7 heteroatoms. The van der Waals surface area contributed by atoms with Crippen LogP contribution in [-0.2, 0) is 4.79 Å². The molecule has 178 valence electrons. The topological polar surface area (TPSA) is 83.1 Å². The molecule has 2 aliphatic rings. The minimum absolute atomic E-state index is 0.0621. The minimum Gasteiger partial charge on any atom is -0.486 e. The van der Waals surface area contributed by atoms with Crippen LogP contribution >= 0.6 is 0 Å². The van der Waals surface area contributed by atoms with E-state index in [2.05, 4.69) is 15.5 Å². The van der Waals surface area contributed by atoms with Crippen molar-refractivity contribution in [1.82, 2.24) is 10.2 Å². The third-order valence-electron chi connectivity index (χ3n) is 6.56. The molecule has 2 atom stereocenters. The first-order chi connectivity index (χ1) is 16.0. The number of ether oxygens (including phenoxy) is 2. The van der Waals surface area contributed by atoms with Crippen LogP contribution in [0.3, 0.4) is 0 Å². The summed E-state index contributed by atoms with van der Waals surface area (Å²) in [4.78, 5) is 14.8. The van der Waals surface area contributed by atoms with Crippen LogP contribution in [-0.4, -0.2) is 66.9 Å². The summed E-state index contributed by atoms with van der Waals surface area (Å²) >= 11 is 0. The van der Waals surface area contributed by atoms with Gasteiger partial charge in [-0.25, -0.2) is 0 Å². The van der Waals surface area contributed by atoms with Crippen LogP contribution in [0.4, 0.5) is 5.69 Å². The second-order valence-corrected chi connectivity index (χ2v) is 9.07. The lowest BCUT2D eigenvalue weighted by Crippen LogP contribution is -2.49. The first-order valence-electron chi connectivity index (χ1n) is 11.9. The fraction of sp³-hybridized carbons (Fsp3) is 0.500. The van der Waals surface area contributed by atoms with Crippen molar-refractivity contribution in [2.45, 2.75) is 51.4 Å². The van der Waals surface area contributed by atoms with Crippen LogP contribution in [0.2, 0.25) is 0 Å². The van der Waals surface area contributed by atoms with Gasteiger partial charge in [0.1, 0.15) is 12.7 Å². The molecule has 0 aliphatic carbocycles. The Hall–Kier alpha value is -2.61. The number of para-hydroxylation sites is 3. The van der Waals surface area contributed by atoms with E-state index in [4.69, 9.17) is 9.47 Å². The number of aliphatic hydroxyl groups is 1. The summed E-state index contributed by atoms with van der Waals surface area (Å²) in [5.41, 5.74) is 3.11. The Morgan fingerprint density at radius 3 is 2.52 bits per heavy atom. The van der Waals surface area contributed by atoms with Crippen molar-refractivity contribution in [2.24, 2.45) is 0 Å². The normalized spacial score (nSPS) is 19.8. The molecular weight excluding hydrogens is 418 g/mol. The monoisotopic (exact) mass is 453 g/mol. The highest BCUT2D eigenvalue weighted by molar-refractivity contribution is 5.92. The molecule has 2 aromatic rings. The highest BCUT2D eigenvalue weighted by atomic mass is 16.6. The van der Waals surface area contributed by atoms with E-state index >= 15 is 0 Å². The van der Waals surface area contributed by atoms with Gasteiger partial charge in [-0.2, -0.15) is 0 Å². The van der Waals surface area contributed by atoms with Gasteiger partial charge in [-0.3, -0.25) is 4.79 Å². The lowest BCUT2D eigenvalue weighted by atomic mass is 10.0. The van der Waals surface area contributed by atoms with Gasteiger partial charge in [0.2, 0.25) is 5.91 Å². The molecule has 2 aliphatic heterocycles. The third kappa shape index (κ3) is 6.25. The predicted octanol–water partition coefficient (Wildman–Crippen LogP) is 2.89. The fourth-order valence-electron chi connectivity index (χ4n) is 4.48. The largest absolute Gasteiger partial charge is 0.486 e. The number of anilines is 1. The summed E-state index contributed by atoms with van der Waals surface area (Å²) in [6.07, 6.45) is 1.48. The van der Waals surface area contributed by atoms with E-state index in [1.807, 2.05) is 56.3 Å². The predicted molar refractivity (Wildman–Crippen MR) is 129 cm³/mol. The van der Waals surface area contributed by atoms with Gasteiger partial charge in [-0.15, -0.1) is 0 Å². The number of hydrogen-bond donors (Lipinski definition) is 3. The van der Waals surface area contributed by atoms with Crippen LogP contribution < -0.4 is 20.1 Å². The Morgan fingerprint density at radius 1 is 1.09 bits per heavy atom. The van der Waals surface area contributed by atoms with Crippen molar-refractivity contribution in [3.8, 4) is 11.5 Å². The number of rotatable bonds is 8. The first-order valence-corrected chi connectivity index (χ1v) is 11.9. The number of piperidine rings is 1. The van der Waals surface area contributed by atoms with Gasteiger partial charge in [0, 0.05) is 31.2 Å². The molecule has 0 saturated carbocycles. The number of aliphatic hydroxyl groups excluding tert-OH is 1. The number of hydrogen-bond acceptors (Lipinski definition) is 6. The molecule has 2 heterocycles. The summed E-state index contributed by atoms with van der Waals surface area (Å²) in [5.74, 6) is 1.47. The SMILES string of the molecule is Cc1cccc(C)c1NC(=O)CCN1CCC(NCC(O)C2COc3ccccc3O2)CC1. The zero-order chi connectivity index (χ0) is 23.2. The van der Waals surface area contributed by atoms with E-state index in [0.717, 1.165) is 55.0 Å². The van der Waals surface area contributed by atoms with Crippen LogP contribution in [0.5, 0.6) is 11.5 Å². The molecule has 0 aromatic heterocycles. The first kappa shape index (κ1) is 23.5. The number of fused-ring (bicyclic) bond motifs is 1. The summed E-state index contributed by atoms with van der Waals surface area (Å²) in [6.45, 7) is 7.51. The molecule has 0 spiro atoms. The number of carbonyl (C=O) groups is 1. The van der Waals surface area contributed by atoms with Crippen molar-refractivity contribution in [3.05, 3.63) is 53.6 Å². The number of benzene rings is 2. The zero-order valence-corrected chi connectivity index (χ0v) is 19.5. The Kier molecular flexibility index (Phi) is 7.85. The van der Waals surface area contributed by atoms with Crippen molar-refractivity contribution in [1.29, 1.82) is 0 Å². The smallest absolute Gasteiger partial charge is 0.225 e. The van der Waals surface area contributed by atoms with E-state index in [1.54, 1.807) is 0 Å². The van der Waals surface area contributed by atoms with Gasteiger partial charge in [0.05, 0.1) is 0 Å². The molecule has 0 bridgehead atoms. The molecule has 33 heavy (non-hydrogen) atoms. The standard InChI is InChI=1S/C26H35N3O4/c1-18-6-5-7-19(2)26(18)28-25(31)12-15-29-13-10-20(11-14-29)27-16-21(30)24-17-32-22-8-3-4-9-23(22)33-24/h3-9,20-21,24,27,30H,10-17H2,1-2H3,(H,28,31). The Bertz CT molecular complexity index is 923. The van der Waals surface area contributed by atoms with E-state index in [1.165, 1.54) is 0 Å². The van der Waals surface area contributed by atoms with Gasteiger partial charge in [0.15, 0.2) is 17.6 Å². The zero-order valence-electron chi connectivity index (χ0n) is 19.5. The van der Waals surface area contributed by atoms with E-state index in [0.29, 0.717) is 31.4 Å². The van der Waals surface area contributed by atoms with Gasteiger partial charge >= 0.3 is 0 Å². The second-order valence-electron chi connectivity index (χ2n) is 9.07. The molecule has 0 radical (unpaired) electrons. The van der Waals surface area contributed by atoms with E-state index in [9.17, 15) is 9.90 Å². The van der Waals surface area contributed by atoms with Gasteiger partial charge in [-0.05, 0) is 63.0 Å². The van der Waals surface area contributed by atoms with Gasteiger partial charge in [0.25, 0.3) is 0 Å². The highest BCUT2D eigenvalue weighted by Crippen LogP contribution is 2.31. The molecule has 3 N–H and O–H groups in total. The number of amides is 1. The molecule has 1 saturated heterocycles. The number of carbonyl (C=O) groups excluding carboxylic acids is 1. The van der Waals surface area contributed by atoms with Crippen LogP contribution in [0, 0.1) is 13.8 Å². The van der Waals surface area contributed by atoms with E-state index < -0.39 is 6.10 Å². The molecule has 2 unspecified atom stereocenters. The summed E-state index contributed by atoms with van der Waals surface area (Å²) < 4.78 is 11.6.